The molecule has 0 amide bonds. The van der Waals surface area contributed by atoms with Crippen molar-refractivity contribution in [2.24, 2.45) is 5.11 Å². The fourth-order valence-corrected chi connectivity index (χ4v) is 2.98. The SMILES string of the molecule is COc1ccc(C(=O)[C@@H](O)[C@]2(N=[N+]=[N-])COc3ccc(C)cc3C2=O)cc1. The Morgan fingerprint density at radius 1 is 1.33 bits per heavy atom. The summed E-state index contributed by atoms with van der Waals surface area (Å²) in [4.78, 5) is 28.5. The molecule has 0 bridgehead atoms. The van der Waals surface area contributed by atoms with Gasteiger partial charge < -0.3 is 14.6 Å². The normalized spacial score (nSPS) is 19.3. The van der Waals surface area contributed by atoms with Gasteiger partial charge in [-0.2, -0.15) is 0 Å². The molecule has 0 spiro atoms. The third-order valence-corrected chi connectivity index (χ3v) is 4.52. The van der Waals surface area contributed by atoms with E-state index in [2.05, 4.69) is 10.0 Å². The Bertz CT molecular complexity index is 950. The largest absolute Gasteiger partial charge is 0.497 e. The molecule has 0 saturated carbocycles. The van der Waals surface area contributed by atoms with Crippen LogP contribution in [0.3, 0.4) is 0 Å². The molecule has 2 atom stereocenters. The van der Waals surface area contributed by atoms with Crippen LogP contribution in [0.2, 0.25) is 0 Å². The van der Waals surface area contributed by atoms with Crippen molar-refractivity contribution >= 4 is 11.6 Å². The predicted molar refractivity (Wildman–Crippen MR) is 96.2 cm³/mol. The van der Waals surface area contributed by atoms with Gasteiger partial charge in [0.2, 0.25) is 0 Å². The van der Waals surface area contributed by atoms with Crippen molar-refractivity contribution in [1.29, 1.82) is 0 Å². The summed E-state index contributed by atoms with van der Waals surface area (Å²) in [5.41, 5.74) is 8.01. The number of hydrogen-bond donors (Lipinski definition) is 1. The summed E-state index contributed by atoms with van der Waals surface area (Å²) in [5, 5.41) is 14.2. The number of aliphatic hydroxyl groups excluding tert-OH is 1. The number of aliphatic hydroxyl groups is 1. The molecule has 2 aromatic carbocycles. The minimum Gasteiger partial charge on any atom is -0.497 e. The molecule has 138 valence electrons. The fourth-order valence-electron chi connectivity index (χ4n) is 2.98. The maximum atomic E-state index is 13.1. The molecule has 1 N–H and O–H groups in total. The number of aryl methyl sites for hydroxylation is 1. The zero-order chi connectivity index (χ0) is 19.6. The van der Waals surface area contributed by atoms with Crippen LogP contribution in [0.1, 0.15) is 26.3 Å². The highest BCUT2D eigenvalue weighted by Crippen LogP contribution is 2.35. The van der Waals surface area contributed by atoms with Gasteiger partial charge in [-0.3, -0.25) is 9.59 Å². The van der Waals surface area contributed by atoms with E-state index in [-0.39, 0.29) is 11.1 Å². The highest BCUT2D eigenvalue weighted by Gasteiger charge is 2.52. The lowest BCUT2D eigenvalue weighted by Crippen LogP contribution is -2.57. The Morgan fingerprint density at radius 3 is 2.67 bits per heavy atom. The summed E-state index contributed by atoms with van der Waals surface area (Å²) < 4.78 is 10.6. The van der Waals surface area contributed by atoms with Gasteiger partial charge >= 0.3 is 0 Å². The van der Waals surface area contributed by atoms with Gasteiger partial charge in [-0.05, 0) is 48.9 Å². The monoisotopic (exact) mass is 367 g/mol. The summed E-state index contributed by atoms with van der Waals surface area (Å²) in [6, 6.07) is 11.0. The van der Waals surface area contributed by atoms with Crippen LogP contribution in [0.15, 0.2) is 47.6 Å². The van der Waals surface area contributed by atoms with Crippen molar-refractivity contribution in [2.45, 2.75) is 18.6 Å². The third-order valence-electron chi connectivity index (χ3n) is 4.52. The van der Waals surface area contributed by atoms with E-state index in [4.69, 9.17) is 15.0 Å². The Balaban J connectivity index is 2.02. The van der Waals surface area contributed by atoms with Gasteiger partial charge in [-0.25, -0.2) is 0 Å². The average Bonchev–Trinajstić information content (AvgIpc) is 2.69. The summed E-state index contributed by atoms with van der Waals surface area (Å²) in [6.07, 6.45) is -1.90. The van der Waals surface area contributed by atoms with E-state index in [1.165, 1.54) is 19.2 Å². The van der Waals surface area contributed by atoms with E-state index in [9.17, 15) is 14.7 Å². The molecule has 0 saturated heterocycles. The lowest BCUT2D eigenvalue weighted by atomic mass is 9.80. The first-order chi connectivity index (χ1) is 12.9. The smallest absolute Gasteiger partial charge is 0.192 e. The molecule has 0 aromatic heterocycles. The van der Waals surface area contributed by atoms with Gasteiger partial charge in [0, 0.05) is 10.5 Å². The quantitative estimate of drug-likeness (QED) is 0.377. The van der Waals surface area contributed by atoms with Crippen molar-refractivity contribution in [2.75, 3.05) is 13.7 Å². The highest BCUT2D eigenvalue weighted by atomic mass is 16.5. The minimum atomic E-state index is -2.08. The molecule has 2 aromatic rings. The molecule has 1 aliphatic heterocycles. The maximum Gasteiger partial charge on any atom is 0.192 e. The number of carbonyl (C=O) groups is 2. The van der Waals surface area contributed by atoms with E-state index in [0.29, 0.717) is 11.5 Å². The van der Waals surface area contributed by atoms with Gasteiger partial charge in [-0.15, -0.1) is 0 Å². The van der Waals surface area contributed by atoms with E-state index in [0.717, 1.165) is 5.56 Å². The second-order valence-electron chi connectivity index (χ2n) is 6.23. The third kappa shape index (κ3) is 3.12. The van der Waals surface area contributed by atoms with Crippen LogP contribution in [0.5, 0.6) is 11.5 Å². The molecule has 3 rings (SSSR count). The minimum absolute atomic E-state index is 0.152. The van der Waals surface area contributed by atoms with Crippen LogP contribution in [-0.4, -0.2) is 42.0 Å². The molecule has 8 heteroatoms. The number of ether oxygens (including phenoxy) is 2. The van der Waals surface area contributed by atoms with E-state index >= 15 is 0 Å². The topological polar surface area (TPSA) is 122 Å². The zero-order valence-corrected chi connectivity index (χ0v) is 14.7. The van der Waals surface area contributed by atoms with Gasteiger partial charge in [0.15, 0.2) is 17.1 Å². The molecule has 0 aliphatic carbocycles. The second kappa shape index (κ2) is 7.11. The molecule has 0 radical (unpaired) electrons. The summed E-state index contributed by atoms with van der Waals surface area (Å²) in [7, 11) is 1.49. The first kappa shape index (κ1) is 18.4. The number of rotatable bonds is 5. The van der Waals surface area contributed by atoms with Crippen LogP contribution in [-0.2, 0) is 0 Å². The molecule has 8 nitrogen and oxygen atoms in total. The number of methoxy groups -OCH3 is 1. The lowest BCUT2D eigenvalue weighted by molar-refractivity contribution is 0.0311. The standard InChI is InChI=1S/C19H17N3O5/c1-11-3-8-15-14(9-11)17(24)19(10-27-15,21-22-20)18(25)16(23)12-4-6-13(26-2)7-5-12/h3-9,18,25H,10H2,1-2H3/t18-,19+/m1/s1. The number of azide groups is 1. The van der Waals surface area contributed by atoms with Crippen molar-refractivity contribution in [3.8, 4) is 11.5 Å². The predicted octanol–water partition coefficient (Wildman–Crippen LogP) is 2.87. The Labute approximate surface area is 155 Å². The first-order valence-electron chi connectivity index (χ1n) is 8.14. The Kier molecular flexibility index (Phi) is 4.85. The number of Topliss-reactive ketones (excluding diaryl/α,β-unsaturated/α-hetero) is 2. The van der Waals surface area contributed by atoms with Gasteiger partial charge in [0.05, 0.1) is 12.7 Å². The van der Waals surface area contributed by atoms with Crippen molar-refractivity contribution in [3.63, 3.8) is 0 Å². The molecule has 1 heterocycles. The van der Waals surface area contributed by atoms with Crippen LogP contribution in [0, 0.1) is 6.92 Å². The fraction of sp³-hybridized carbons (Fsp3) is 0.263. The molecule has 0 unspecified atom stereocenters. The highest BCUT2D eigenvalue weighted by molar-refractivity contribution is 6.12. The lowest BCUT2D eigenvalue weighted by Gasteiger charge is -2.35. The molecule has 0 fully saturated rings. The van der Waals surface area contributed by atoms with E-state index in [1.807, 2.05) is 0 Å². The molecule has 27 heavy (non-hydrogen) atoms. The molecular formula is C19H17N3O5. The van der Waals surface area contributed by atoms with Gasteiger partial charge in [0.25, 0.3) is 0 Å². The number of carbonyl (C=O) groups excluding carboxylic acids is 2. The van der Waals surface area contributed by atoms with E-state index < -0.39 is 29.8 Å². The van der Waals surface area contributed by atoms with Gasteiger partial charge in [0.1, 0.15) is 24.2 Å². The van der Waals surface area contributed by atoms with Crippen LogP contribution < -0.4 is 9.47 Å². The van der Waals surface area contributed by atoms with Crippen molar-refractivity contribution in [1.82, 2.24) is 0 Å². The van der Waals surface area contributed by atoms with Crippen molar-refractivity contribution in [3.05, 3.63) is 69.6 Å². The maximum absolute atomic E-state index is 13.1. The number of hydrogen-bond acceptors (Lipinski definition) is 6. The van der Waals surface area contributed by atoms with Gasteiger partial charge in [-0.1, -0.05) is 16.7 Å². The number of nitrogens with zero attached hydrogens (tertiary/aromatic N) is 3. The number of ketones is 2. The van der Waals surface area contributed by atoms with E-state index in [1.54, 1.807) is 37.3 Å². The Morgan fingerprint density at radius 2 is 2.04 bits per heavy atom. The van der Waals surface area contributed by atoms with Crippen LogP contribution in [0.25, 0.3) is 10.4 Å². The summed E-state index contributed by atoms with van der Waals surface area (Å²) in [5.74, 6) is -0.552. The number of fused-ring (bicyclic) bond motifs is 1. The second-order valence-corrected chi connectivity index (χ2v) is 6.23. The number of benzene rings is 2. The van der Waals surface area contributed by atoms with Crippen LogP contribution >= 0.6 is 0 Å². The van der Waals surface area contributed by atoms with Crippen LogP contribution in [0.4, 0.5) is 0 Å². The Hall–Kier alpha value is -3.35. The zero-order valence-electron chi connectivity index (χ0n) is 14.7. The summed E-state index contributed by atoms with van der Waals surface area (Å²) in [6.45, 7) is 1.35. The first-order valence-corrected chi connectivity index (χ1v) is 8.14. The van der Waals surface area contributed by atoms with Crippen molar-refractivity contribution < 1.29 is 24.2 Å². The summed E-state index contributed by atoms with van der Waals surface area (Å²) >= 11 is 0. The average molecular weight is 367 g/mol. The molecule has 1 aliphatic rings. The molecular weight excluding hydrogens is 350 g/mol.